The lowest BCUT2D eigenvalue weighted by Crippen LogP contribution is -2.32. The quantitative estimate of drug-likeness (QED) is 0.595. The van der Waals surface area contributed by atoms with Gasteiger partial charge in [0.25, 0.3) is 0 Å². The van der Waals surface area contributed by atoms with Crippen LogP contribution in [0.2, 0.25) is 0 Å². The number of rotatable bonds is 10. The predicted molar refractivity (Wildman–Crippen MR) is 95.2 cm³/mol. The van der Waals surface area contributed by atoms with Gasteiger partial charge in [-0.15, -0.1) is 0 Å². The van der Waals surface area contributed by atoms with Crippen LogP contribution in [-0.4, -0.2) is 30.6 Å². The molecule has 0 saturated heterocycles. The van der Waals surface area contributed by atoms with E-state index < -0.39 is 29.9 Å². The van der Waals surface area contributed by atoms with Gasteiger partial charge in [0.15, 0.2) is 0 Å². The predicted octanol–water partition coefficient (Wildman–Crippen LogP) is 3.04. The summed E-state index contributed by atoms with van der Waals surface area (Å²) in [6.45, 7) is 4.50. The van der Waals surface area contributed by atoms with Crippen LogP contribution in [-0.2, 0) is 28.7 Å². The second-order valence-corrected chi connectivity index (χ2v) is 6.22. The van der Waals surface area contributed by atoms with Crippen molar-refractivity contribution in [2.45, 2.75) is 46.1 Å². The second-order valence-electron chi connectivity index (χ2n) is 6.22. The largest absolute Gasteiger partial charge is 0.469 e. The third-order valence-corrected chi connectivity index (χ3v) is 4.35. The molecule has 0 bridgehead atoms. The van der Waals surface area contributed by atoms with Gasteiger partial charge in [0.05, 0.1) is 20.0 Å². The Hall–Kier alpha value is -2.50. The molecule has 1 aromatic rings. The monoisotopic (exact) mass is 362 g/mol. The molecule has 0 amide bonds. The van der Waals surface area contributed by atoms with Crippen LogP contribution in [0.5, 0.6) is 0 Å². The molecule has 0 heterocycles. The molecule has 26 heavy (non-hydrogen) atoms. The molecule has 3 unspecified atom stereocenters. The number of hydrogen-bond donors (Lipinski definition) is 0. The van der Waals surface area contributed by atoms with E-state index in [0.717, 1.165) is 5.56 Å². The first-order valence-electron chi connectivity index (χ1n) is 8.62. The summed E-state index contributed by atoms with van der Waals surface area (Å²) in [5.74, 6) is -3.65. The minimum Gasteiger partial charge on any atom is -0.469 e. The normalized spacial score (nSPS) is 14.0. The molecule has 0 aliphatic carbocycles. The molecule has 0 saturated carbocycles. The summed E-state index contributed by atoms with van der Waals surface area (Å²) in [5, 5.41) is 0. The summed E-state index contributed by atoms with van der Waals surface area (Å²) in [5.41, 5.74) is 0.861. The van der Waals surface area contributed by atoms with Gasteiger partial charge in [-0.05, 0) is 25.8 Å². The molecular formula is C20H26O6. The molecule has 1 rings (SSSR count). The maximum atomic E-state index is 12.4. The van der Waals surface area contributed by atoms with Crippen molar-refractivity contribution in [3.8, 4) is 0 Å². The fourth-order valence-electron chi connectivity index (χ4n) is 2.84. The molecule has 0 radical (unpaired) electrons. The van der Waals surface area contributed by atoms with Gasteiger partial charge in [-0.2, -0.15) is 0 Å². The van der Waals surface area contributed by atoms with Crippen LogP contribution in [0.15, 0.2) is 30.3 Å². The Morgan fingerprint density at radius 2 is 1.38 bits per heavy atom. The van der Waals surface area contributed by atoms with Crippen molar-refractivity contribution >= 4 is 23.5 Å². The zero-order valence-corrected chi connectivity index (χ0v) is 15.7. The van der Waals surface area contributed by atoms with E-state index in [-0.39, 0.29) is 24.4 Å². The Kier molecular flexibility index (Phi) is 8.68. The van der Waals surface area contributed by atoms with E-state index in [4.69, 9.17) is 4.74 Å². The molecule has 0 aliphatic rings. The third-order valence-electron chi connectivity index (χ3n) is 4.35. The summed E-state index contributed by atoms with van der Waals surface area (Å²) in [6, 6.07) is 9.30. The van der Waals surface area contributed by atoms with Gasteiger partial charge < -0.3 is 9.47 Å². The smallest absolute Gasteiger partial charge is 0.307 e. The Labute approximate surface area is 153 Å². The highest BCUT2D eigenvalue weighted by Crippen LogP contribution is 2.26. The van der Waals surface area contributed by atoms with Gasteiger partial charge in [0, 0.05) is 11.8 Å². The number of Topliss-reactive ketones (excluding diaryl/α,β-unsaturated/α-hetero) is 2. The lowest BCUT2D eigenvalue weighted by atomic mass is 9.81. The molecule has 142 valence electrons. The number of carbonyl (C=O) groups excluding carboxylic acids is 4. The average molecular weight is 362 g/mol. The van der Waals surface area contributed by atoms with Crippen molar-refractivity contribution < 1.29 is 28.7 Å². The van der Waals surface area contributed by atoms with Crippen LogP contribution in [0.25, 0.3) is 0 Å². The molecule has 0 aliphatic heterocycles. The zero-order chi connectivity index (χ0) is 19.7. The van der Waals surface area contributed by atoms with Crippen LogP contribution in [0.1, 0.15) is 51.7 Å². The molecule has 0 aromatic heterocycles. The topological polar surface area (TPSA) is 86.7 Å². The fraction of sp³-hybridized carbons (Fsp3) is 0.500. The van der Waals surface area contributed by atoms with E-state index in [1.54, 1.807) is 0 Å². The first-order chi connectivity index (χ1) is 12.3. The van der Waals surface area contributed by atoms with Crippen LogP contribution < -0.4 is 0 Å². The number of methoxy groups -OCH3 is 1. The van der Waals surface area contributed by atoms with Gasteiger partial charge in [0.1, 0.15) is 17.7 Å². The van der Waals surface area contributed by atoms with Gasteiger partial charge in [0.2, 0.25) is 0 Å². The molecular weight excluding hydrogens is 336 g/mol. The standard InChI is InChI=1S/C20H26O6/c1-5-18(15-9-7-6-8-10-15)26-20(24)12-17(14(3)22)16(13(2)21)11-19(23)25-4/h6-10,16-18H,5,11-12H2,1-4H3. The van der Waals surface area contributed by atoms with Crippen LogP contribution >= 0.6 is 0 Å². The zero-order valence-electron chi connectivity index (χ0n) is 15.7. The van der Waals surface area contributed by atoms with Gasteiger partial charge in [-0.25, -0.2) is 0 Å². The molecule has 0 fully saturated rings. The first kappa shape index (κ1) is 21.5. The van der Waals surface area contributed by atoms with Crippen molar-refractivity contribution in [2.75, 3.05) is 7.11 Å². The maximum Gasteiger partial charge on any atom is 0.307 e. The van der Waals surface area contributed by atoms with E-state index in [1.165, 1.54) is 21.0 Å². The highest BCUT2D eigenvalue weighted by Gasteiger charge is 2.34. The fourth-order valence-corrected chi connectivity index (χ4v) is 2.84. The molecule has 1 aromatic carbocycles. The molecule has 3 atom stereocenters. The van der Waals surface area contributed by atoms with Crippen molar-refractivity contribution in [1.29, 1.82) is 0 Å². The number of benzene rings is 1. The van der Waals surface area contributed by atoms with E-state index in [9.17, 15) is 19.2 Å². The van der Waals surface area contributed by atoms with Crippen LogP contribution in [0.3, 0.4) is 0 Å². The maximum absolute atomic E-state index is 12.4. The first-order valence-corrected chi connectivity index (χ1v) is 8.62. The van der Waals surface area contributed by atoms with Crippen molar-refractivity contribution in [2.24, 2.45) is 11.8 Å². The van der Waals surface area contributed by atoms with Gasteiger partial charge in [-0.3, -0.25) is 19.2 Å². The SMILES string of the molecule is CCC(OC(=O)CC(C(C)=O)C(CC(=O)OC)C(C)=O)c1ccccc1. The highest BCUT2D eigenvalue weighted by atomic mass is 16.5. The van der Waals surface area contributed by atoms with Crippen molar-refractivity contribution in [1.82, 2.24) is 0 Å². The highest BCUT2D eigenvalue weighted by molar-refractivity contribution is 5.92. The van der Waals surface area contributed by atoms with E-state index in [1.807, 2.05) is 37.3 Å². The number of ether oxygens (including phenoxy) is 2. The average Bonchev–Trinajstić information content (AvgIpc) is 2.62. The van der Waals surface area contributed by atoms with Gasteiger partial charge in [-0.1, -0.05) is 37.3 Å². The van der Waals surface area contributed by atoms with Crippen LogP contribution in [0.4, 0.5) is 0 Å². The molecule has 6 heteroatoms. The number of hydrogen-bond acceptors (Lipinski definition) is 6. The summed E-state index contributed by atoms with van der Waals surface area (Å²) >= 11 is 0. The van der Waals surface area contributed by atoms with E-state index >= 15 is 0 Å². The molecule has 0 N–H and O–H groups in total. The Bertz CT molecular complexity index is 637. The van der Waals surface area contributed by atoms with E-state index in [0.29, 0.717) is 6.42 Å². The number of esters is 2. The molecule has 6 nitrogen and oxygen atoms in total. The lowest BCUT2D eigenvalue weighted by molar-refractivity contribution is -0.154. The number of ketones is 2. The third kappa shape index (κ3) is 6.43. The summed E-state index contributed by atoms with van der Waals surface area (Å²) < 4.78 is 10.1. The van der Waals surface area contributed by atoms with Crippen LogP contribution in [0, 0.1) is 11.8 Å². The van der Waals surface area contributed by atoms with E-state index in [2.05, 4.69) is 4.74 Å². The van der Waals surface area contributed by atoms with Crippen molar-refractivity contribution in [3.63, 3.8) is 0 Å². The minimum atomic E-state index is -0.910. The Morgan fingerprint density at radius 3 is 1.81 bits per heavy atom. The molecule has 0 spiro atoms. The summed E-state index contributed by atoms with van der Waals surface area (Å²) in [6.07, 6.45) is -0.328. The minimum absolute atomic E-state index is 0.237. The number of carbonyl (C=O) groups is 4. The summed E-state index contributed by atoms with van der Waals surface area (Å²) in [4.78, 5) is 47.8. The second kappa shape index (κ2) is 10.5. The van der Waals surface area contributed by atoms with Gasteiger partial charge >= 0.3 is 11.9 Å². The summed E-state index contributed by atoms with van der Waals surface area (Å²) in [7, 11) is 1.21. The lowest BCUT2D eigenvalue weighted by Gasteiger charge is -2.23. The Balaban J connectivity index is 2.87. The Morgan fingerprint density at radius 1 is 0.885 bits per heavy atom. The van der Waals surface area contributed by atoms with Crippen molar-refractivity contribution in [3.05, 3.63) is 35.9 Å².